The number of benzene rings is 1. The molecule has 0 radical (unpaired) electrons. The molecule has 6 nitrogen and oxygen atoms in total. The number of nitrogens with one attached hydrogen (secondary N) is 2. The SMILES string of the molecule is CC1(c2cc3c(cc2Cl)NNC(SCC(=O)O)=N3)C=CC(N2CCCCC2)=CC1. The second-order valence-electron chi connectivity index (χ2n) is 7.83. The molecule has 0 amide bonds. The number of aliphatic imine (C=N–C) groups is 1. The van der Waals surface area contributed by atoms with Gasteiger partial charge in [-0.25, -0.2) is 4.99 Å². The maximum Gasteiger partial charge on any atom is 0.313 e. The summed E-state index contributed by atoms with van der Waals surface area (Å²) >= 11 is 7.79. The molecule has 0 spiro atoms. The van der Waals surface area contributed by atoms with Crippen LogP contribution in [0.4, 0.5) is 11.4 Å². The smallest absolute Gasteiger partial charge is 0.313 e. The van der Waals surface area contributed by atoms with Crippen molar-refractivity contribution in [3.8, 4) is 0 Å². The molecular formula is C21H25ClN4O2S. The first-order valence-corrected chi connectivity index (χ1v) is 11.2. The highest BCUT2D eigenvalue weighted by Gasteiger charge is 2.30. The minimum absolute atomic E-state index is 0.0478. The van der Waals surface area contributed by atoms with E-state index in [0.717, 1.165) is 48.2 Å². The Morgan fingerprint density at radius 2 is 2.10 bits per heavy atom. The normalized spacial score (nSPS) is 23.4. The summed E-state index contributed by atoms with van der Waals surface area (Å²) in [5.74, 6) is -0.924. The van der Waals surface area contributed by atoms with Crippen LogP contribution in [0.5, 0.6) is 0 Å². The van der Waals surface area contributed by atoms with Crippen molar-refractivity contribution in [3.05, 3.63) is 46.6 Å². The Balaban J connectivity index is 1.56. The maximum atomic E-state index is 10.8. The highest BCUT2D eigenvalue weighted by atomic mass is 35.5. The summed E-state index contributed by atoms with van der Waals surface area (Å²) in [4.78, 5) is 17.9. The van der Waals surface area contributed by atoms with Gasteiger partial charge in [-0.1, -0.05) is 42.4 Å². The molecule has 1 aromatic rings. The van der Waals surface area contributed by atoms with Crippen LogP contribution in [0.2, 0.25) is 5.02 Å². The Hall–Kier alpha value is -2.12. The monoisotopic (exact) mass is 432 g/mol. The van der Waals surface area contributed by atoms with Crippen LogP contribution in [0.1, 0.15) is 38.2 Å². The van der Waals surface area contributed by atoms with Crippen molar-refractivity contribution < 1.29 is 9.90 Å². The topological polar surface area (TPSA) is 77.0 Å². The number of carboxylic acids is 1. The van der Waals surface area contributed by atoms with Gasteiger partial charge in [0.25, 0.3) is 0 Å². The highest BCUT2D eigenvalue weighted by Crippen LogP contribution is 2.43. The van der Waals surface area contributed by atoms with E-state index in [1.54, 1.807) is 0 Å². The molecule has 4 rings (SSSR count). The van der Waals surface area contributed by atoms with Crippen molar-refractivity contribution in [1.82, 2.24) is 10.3 Å². The molecule has 1 atom stereocenters. The van der Waals surface area contributed by atoms with E-state index in [1.165, 1.54) is 25.0 Å². The molecule has 2 heterocycles. The number of likely N-dealkylation sites (tertiary alicyclic amines) is 1. The standard InChI is InChI=1S/C21H25ClN4O2S/c1-21(7-5-14(6-8-21)26-9-3-2-4-10-26)15-11-17-18(12-16(15)22)24-25-20(23-17)29-13-19(27)28/h5-7,11-12,24H,2-4,8-10,13H2,1H3,(H,23,25)(H,27,28). The summed E-state index contributed by atoms with van der Waals surface area (Å²) in [5.41, 5.74) is 9.65. The number of allylic oxidation sites excluding steroid dienone is 3. The third-order valence-electron chi connectivity index (χ3n) is 5.64. The lowest BCUT2D eigenvalue weighted by Crippen LogP contribution is -2.32. The molecular weight excluding hydrogens is 408 g/mol. The van der Waals surface area contributed by atoms with Crippen LogP contribution >= 0.6 is 23.4 Å². The van der Waals surface area contributed by atoms with E-state index in [4.69, 9.17) is 16.7 Å². The Labute approximate surface area is 180 Å². The molecule has 3 aliphatic rings. The number of anilines is 1. The fraction of sp³-hybridized carbons (Fsp3) is 0.429. The zero-order chi connectivity index (χ0) is 20.4. The summed E-state index contributed by atoms with van der Waals surface area (Å²) in [6, 6.07) is 3.89. The lowest BCUT2D eigenvalue weighted by Gasteiger charge is -2.35. The van der Waals surface area contributed by atoms with E-state index in [1.807, 2.05) is 12.1 Å². The quantitative estimate of drug-likeness (QED) is 0.642. The number of hydrogen-bond acceptors (Lipinski definition) is 6. The predicted octanol–water partition coefficient (Wildman–Crippen LogP) is 4.66. The average Bonchev–Trinajstić information content (AvgIpc) is 2.73. The number of piperidine rings is 1. The van der Waals surface area contributed by atoms with Crippen molar-refractivity contribution in [2.45, 2.75) is 38.0 Å². The number of nitrogens with zero attached hydrogens (tertiary/aromatic N) is 2. The number of rotatable bonds is 4. The fourth-order valence-electron chi connectivity index (χ4n) is 3.96. The summed E-state index contributed by atoms with van der Waals surface area (Å²) in [6.45, 7) is 4.46. The molecule has 0 saturated carbocycles. The number of amidine groups is 1. The zero-order valence-corrected chi connectivity index (χ0v) is 17.9. The van der Waals surface area contributed by atoms with E-state index >= 15 is 0 Å². The van der Waals surface area contributed by atoms with Crippen molar-refractivity contribution >= 4 is 45.9 Å². The Bertz CT molecular complexity index is 908. The van der Waals surface area contributed by atoms with Gasteiger partial charge in [-0.2, -0.15) is 0 Å². The lowest BCUT2D eigenvalue weighted by molar-refractivity contribution is -0.133. The first-order chi connectivity index (χ1) is 13.9. The Morgan fingerprint density at radius 1 is 1.31 bits per heavy atom. The number of hydrazine groups is 1. The summed E-state index contributed by atoms with van der Waals surface area (Å²) in [6.07, 6.45) is 11.5. The van der Waals surface area contributed by atoms with Gasteiger partial charge in [0.15, 0.2) is 5.17 Å². The molecule has 0 bridgehead atoms. The van der Waals surface area contributed by atoms with Crippen molar-refractivity contribution in [2.24, 2.45) is 4.99 Å². The average molecular weight is 433 g/mol. The first kappa shape index (κ1) is 20.2. The van der Waals surface area contributed by atoms with Crippen LogP contribution in [0, 0.1) is 0 Å². The molecule has 1 unspecified atom stereocenters. The Morgan fingerprint density at radius 3 is 2.79 bits per heavy atom. The van der Waals surface area contributed by atoms with Crippen LogP contribution in [0.3, 0.4) is 0 Å². The van der Waals surface area contributed by atoms with Gasteiger partial charge in [-0.3, -0.25) is 15.6 Å². The molecule has 3 N–H and O–H groups in total. The minimum atomic E-state index is -0.877. The van der Waals surface area contributed by atoms with Gasteiger partial charge in [-0.05, 0) is 49.5 Å². The third kappa shape index (κ3) is 4.41. The number of carbonyl (C=O) groups is 1. The van der Waals surface area contributed by atoms with Crippen LogP contribution in [0.15, 0.2) is 41.1 Å². The number of fused-ring (bicyclic) bond motifs is 1. The van der Waals surface area contributed by atoms with Gasteiger partial charge < -0.3 is 10.0 Å². The van der Waals surface area contributed by atoms with E-state index in [0.29, 0.717) is 10.2 Å². The number of hydrogen-bond donors (Lipinski definition) is 3. The van der Waals surface area contributed by atoms with Gasteiger partial charge in [0, 0.05) is 29.2 Å². The largest absolute Gasteiger partial charge is 0.481 e. The summed E-state index contributed by atoms with van der Waals surface area (Å²) < 4.78 is 0. The van der Waals surface area contributed by atoms with Gasteiger partial charge in [0.2, 0.25) is 0 Å². The fourth-order valence-corrected chi connectivity index (χ4v) is 4.88. The van der Waals surface area contributed by atoms with Crippen molar-refractivity contribution in [3.63, 3.8) is 0 Å². The van der Waals surface area contributed by atoms with E-state index in [9.17, 15) is 4.79 Å². The summed E-state index contributed by atoms with van der Waals surface area (Å²) in [7, 11) is 0. The van der Waals surface area contributed by atoms with Gasteiger partial charge >= 0.3 is 5.97 Å². The minimum Gasteiger partial charge on any atom is -0.481 e. The zero-order valence-electron chi connectivity index (χ0n) is 16.4. The maximum absolute atomic E-state index is 10.8. The molecule has 1 saturated heterocycles. The van der Waals surface area contributed by atoms with Gasteiger partial charge in [0.05, 0.1) is 17.1 Å². The first-order valence-electron chi connectivity index (χ1n) is 9.88. The summed E-state index contributed by atoms with van der Waals surface area (Å²) in [5, 5.41) is 10.1. The molecule has 1 aliphatic carbocycles. The molecule has 29 heavy (non-hydrogen) atoms. The molecule has 1 fully saturated rings. The molecule has 2 aliphatic heterocycles. The van der Waals surface area contributed by atoms with E-state index < -0.39 is 5.97 Å². The lowest BCUT2D eigenvalue weighted by atomic mass is 9.76. The molecule has 0 aromatic heterocycles. The molecule has 154 valence electrons. The van der Waals surface area contributed by atoms with Crippen LogP contribution < -0.4 is 10.9 Å². The van der Waals surface area contributed by atoms with Crippen LogP contribution in [-0.4, -0.2) is 40.0 Å². The number of aliphatic carboxylic acids is 1. The van der Waals surface area contributed by atoms with Crippen LogP contribution in [-0.2, 0) is 10.2 Å². The second-order valence-corrected chi connectivity index (χ2v) is 9.20. The highest BCUT2D eigenvalue weighted by molar-refractivity contribution is 8.14. The van der Waals surface area contributed by atoms with Crippen molar-refractivity contribution in [1.29, 1.82) is 0 Å². The van der Waals surface area contributed by atoms with E-state index in [-0.39, 0.29) is 11.2 Å². The van der Waals surface area contributed by atoms with Gasteiger partial charge in [0.1, 0.15) is 0 Å². The van der Waals surface area contributed by atoms with Gasteiger partial charge in [-0.15, -0.1) is 0 Å². The molecule has 8 heteroatoms. The predicted molar refractivity (Wildman–Crippen MR) is 120 cm³/mol. The number of thioether (sulfide) groups is 1. The second kappa shape index (κ2) is 8.32. The number of halogens is 1. The van der Waals surface area contributed by atoms with Crippen molar-refractivity contribution in [2.75, 3.05) is 24.3 Å². The third-order valence-corrected chi connectivity index (χ3v) is 6.81. The van der Waals surface area contributed by atoms with E-state index in [2.05, 4.69) is 45.9 Å². The molecule has 1 aromatic carbocycles. The number of carboxylic acid groups (broad SMARTS) is 1. The Kier molecular flexibility index (Phi) is 5.79. The van der Waals surface area contributed by atoms with Crippen LogP contribution in [0.25, 0.3) is 0 Å².